The monoisotopic (exact) mass is 923 g/mol. The molecule has 0 radical (unpaired) electrons. The average molecular weight is 923 g/mol. The van der Waals surface area contributed by atoms with Crippen molar-refractivity contribution in [2.45, 2.75) is 237 Å². The van der Waals surface area contributed by atoms with Crippen molar-refractivity contribution in [1.82, 2.24) is 0 Å². The fourth-order valence-electron chi connectivity index (χ4n) is 9.91. The number of aliphatic hydroxyl groups excluding tert-OH is 4. The van der Waals surface area contributed by atoms with Crippen LogP contribution in [0.5, 0.6) is 5.75 Å². The van der Waals surface area contributed by atoms with Crippen LogP contribution in [0.4, 0.5) is 0 Å². The summed E-state index contributed by atoms with van der Waals surface area (Å²) >= 11 is 0. The maximum absolute atomic E-state index is 12.2. The Kier molecular flexibility index (Phi) is 30.9. The molecule has 7 atom stereocenters. The number of allylic oxidation sites excluding steroid dienone is 3. The van der Waals surface area contributed by atoms with Crippen LogP contribution in [-0.4, -0.2) is 80.9 Å². The van der Waals surface area contributed by atoms with E-state index in [1.807, 2.05) is 12.1 Å². The molecular formula is C56H90O10. The number of Topliss-reactive ketones (excluding diaryl/α,β-unsaturated/α-hetero) is 1. The Bertz CT molecular complexity index is 1600. The fourth-order valence-corrected chi connectivity index (χ4v) is 9.91. The highest BCUT2D eigenvalue weighted by Crippen LogP contribution is 2.58. The number of rotatable bonds is 31. The number of ether oxygens (including phenoxy) is 2. The van der Waals surface area contributed by atoms with Gasteiger partial charge in [-0.15, -0.1) is 18.9 Å². The summed E-state index contributed by atoms with van der Waals surface area (Å²) in [6, 6.07) is 5.79. The van der Waals surface area contributed by atoms with E-state index < -0.39 is 36.4 Å². The minimum Gasteiger partial charge on any atom is -0.508 e. The van der Waals surface area contributed by atoms with Gasteiger partial charge in [0.2, 0.25) is 0 Å². The normalized spacial score (nSPS) is 20.0. The summed E-state index contributed by atoms with van der Waals surface area (Å²) in [4.78, 5) is 33.5. The molecule has 0 heterocycles. The molecule has 1 aromatic rings. The number of carbonyl (C=O) groups is 3. The highest BCUT2D eigenvalue weighted by Gasteiger charge is 2.52. The molecule has 4 rings (SSSR count). The van der Waals surface area contributed by atoms with Crippen LogP contribution >= 0.6 is 0 Å². The minimum atomic E-state index is -0.775. The van der Waals surface area contributed by atoms with Crippen LogP contribution in [0.2, 0.25) is 0 Å². The Balaban J connectivity index is 0.000000340. The molecule has 3 aliphatic rings. The van der Waals surface area contributed by atoms with E-state index in [0.29, 0.717) is 36.2 Å². The van der Waals surface area contributed by atoms with Crippen LogP contribution in [0, 0.1) is 23.7 Å². The van der Waals surface area contributed by atoms with Gasteiger partial charge in [0.05, 0.1) is 24.4 Å². The molecule has 0 amide bonds. The molecule has 5 N–H and O–H groups in total. The van der Waals surface area contributed by atoms with E-state index in [9.17, 15) is 39.9 Å². The molecule has 0 bridgehead atoms. The molecule has 66 heavy (non-hydrogen) atoms. The molecule has 10 heteroatoms. The number of carbonyl (C=O) groups excluding carboxylic acids is 3. The van der Waals surface area contributed by atoms with Gasteiger partial charge in [-0.3, -0.25) is 14.4 Å². The maximum Gasteiger partial charge on any atom is 0.302 e. The summed E-state index contributed by atoms with van der Waals surface area (Å²) in [5, 5.41) is 48.5. The summed E-state index contributed by atoms with van der Waals surface area (Å²) in [5.41, 5.74) is 4.03. The summed E-state index contributed by atoms with van der Waals surface area (Å²) in [7, 11) is 0. The maximum atomic E-state index is 12.2. The van der Waals surface area contributed by atoms with Crippen molar-refractivity contribution >= 4 is 17.7 Å². The third-order valence-corrected chi connectivity index (χ3v) is 13.7. The molecule has 10 nitrogen and oxygen atoms in total. The van der Waals surface area contributed by atoms with Gasteiger partial charge in [0.25, 0.3) is 0 Å². The van der Waals surface area contributed by atoms with Crippen molar-refractivity contribution in [2.75, 3.05) is 13.2 Å². The summed E-state index contributed by atoms with van der Waals surface area (Å²) < 4.78 is 9.42. The second-order valence-corrected chi connectivity index (χ2v) is 19.5. The number of fused-ring (bicyclic) bond motifs is 5. The molecule has 0 aromatic heterocycles. The first-order valence-corrected chi connectivity index (χ1v) is 25.8. The molecule has 0 aliphatic heterocycles. The highest BCUT2D eigenvalue weighted by molar-refractivity contribution is 5.88. The lowest BCUT2D eigenvalue weighted by Gasteiger charge is -2.43. The first-order valence-electron chi connectivity index (χ1n) is 25.8. The second-order valence-electron chi connectivity index (χ2n) is 19.5. The van der Waals surface area contributed by atoms with Crippen molar-refractivity contribution in [1.29, 1.82) is 0 Å². The number of hydrogen-bond acceptors (Lipinski definition) is 10. The van der Waals surface area contributed by atoms with Crippen molar-refractivity contribution < 1.29 is 49.4 Å². The SMILES string of the molecule is C#CCCCCCCCCCCCC(O)CC(O)COC(C)=O.C=CCCCCCCCCCCCC(O)CC(O)COC(C)=O.CC12CCC3C(=CCc4cc(O)ccc43)C1CCC2=O. The zero-order valence-corrected chi connectivity index (χ0v) is 41.3. The van der Waals surface area contributed by atoms with Gasteiger partial charge in [0.15, 0.2) is 0 Å². The van der Waals surface area contributed by atoms with Gasteiger partial charge in [0.1, 0.15) is 24.7 Å². The number of phenols is 1. The lowest BCUT2D eigenvalue weighted by atomic mass is 9.60. The van der Waals surface area contributed by atoms with Crippen molar-refractivity contribution in [3.8, 4) is 18.1 Å². The number of phenolic OH excluding ortho intramolecular Hbond substituents is 1. The Labute approximate surface area is 399 Å². The number of hydrogen-bond donors (Lipinski definition) is 5. The highest BCUT2D eigenvalue weighted by atomic mass is 16.5. The predicted molar refractivity (Wildman–Crippen MR) is 265 cm³/mol. The van der Waals surface area contributed by atoms with E-state index in [0.717, 1.165) is 77.0 Å². The van der Waals surface area contributed by atoms with Crippen LogP contribution < -0.4 is 0 Å². The Hall–Kier alpha value is -3.49. The topological polar surface area (TPSA) is 171 Å². The minimum absolute atomic E-state index is 0.0286. The number of esters is 2. The number of aromatic hydroxyl groups is 1. The lowest BCUT2D eigenvalue weighted by molar-refractivity contribution is -0.145. The molecule has 2 saturated carbocycles. The number of terminal acetylenes is 1. The molecule has 2 fully saturated rings. The lowest BCUT2D eigenvalue weighted by Crippen LogP contribution is -2.37. The van der Waals surface area contributed by atoms with Gasteiger partial charge in [-0.2, -0.15) is 0 Å². The molecule has 3 aliphatic carbocycles. The van der Waals surface area contributed by atoms with Gasteiger partial charge >= 0.3 is 11.9 Å². The van der Waals surface area contributed by atoms with Gasteiger partial charge in [-0.25, -0.2) is 0 Å². The van der Waals surface area contributed by atoms with Gasteiger partial charge in [0, 0.05) is 50.9 Å². The van der Waals surface area contributed by atoms with E-state index in [1.54, 1.807) is 6.07 Å². The fraction of sp³-hybridized carbons (Fsp3) is 0.732. The largest absolute Gasteiger partial charge is 0.508 e. The summed E-state index contributed by atoms with van der Waals surface area (Å²) in [6.07, 6.45) is 37.7. The van der Waals surface area contributed by atoms with Crippen LogP contribution in [-0.2, 0) is 30.3 Å². The van der Waals surface area contributed by atoms with Crippen LogP contribution in [0.3, 0.4) is 0 Å². The van der Waals surface area contributed by atoms with Crippen molar-refractivity contribution in [3.05, 3.63) is 53.6 Å². The van der Waals surface area contributed by atoms with Gasteiger partial charge < -0.3 is 35.0 Å². The number of unbranched alkanes of at least 4 members (excludes halogenated alkanes) is 18. The zero-order valence-electron chi connectivity index (χ0n) is 41.3. The van der Waals surface area contributed by atoms with Gasteiger partial charge in [-0.1, -0.05) is 133 Å². The third kappa shape index (κ3) is 24.5. The van der Waals surface area contributed by atoms with Crippen LogP contribution in [0.25, 0.3) is 0 Å². The molecule has 374 valence electrons. The van der Waals surface area contributed by atoms with E-state index >= 15 is 0 Å². The van der Waals surface area contributed by atoms with Crippen LogP contribution in [0.15, 0.2) is 42.5 Å². The smallest absolute Gasteiger partial charge is 0.302 e. The van der Waals surface area contributed by atoms with Crippen LogP contribution in [0.1, 0.15) is 218 Å². The second kappa shape index (κ2) is 34.7. The quantitative estimate of drug-likeness (QED) is 0.0209. The number of ketones is 1. The Morgan fingerprint density at radius 3 is 1.73 bits per heavy atom. The summed E-state index contributed by atoms with van der Waals surface area (Å²) in [5.74, 6) is 3.62. The average Bonchev–Trinajstić information content (AvgIpc) is 3.59. The van der Waals surface area contributed by atoms with Crippen molar-refractivity contribution in [2.24, 2.45) is 11.3 Å². The third-order valence-electron chi connectivity index (χ3n) is 13.7. The number of benzene rings is 1. The molecule has 0 saturated heterocycles. The molecule has 7 unspecified atom stereocenters. The summed E-state index contributed by atoms with van der Waals surface area (Å²) in [6.45, 7) is 8.46. The van der Waals surface area contributed by atoms with E-state index in [2.05, 4.69) is 31.6 Å². The zero-order chi connectivity index (χ0) is 48.6. The predicted octanol–water partition coefficient (Wildman–Crippen LogP) is 11.5. The first kappa shape index (κ1) is 58.6. The van der Waals surface area contributed by atoms with E-state index in [-0.39, 0.29) is 31.5 Å². The molecular weight excluding hydrogens is 833 g/mol. The van der Waals surface area contributed by atoms with E-state index in [4.69, 9.17) is 15.9 Å². The molecule has 0 spiro atoms. The van der Waals surface area contributed by atoms with E-state index in [1.165, 1.54) is 114 Å². The molecule has 1 aromatic carbocycles. The van der Waals surface area contributed by atoms with Crippen molar-refractivity contribution in [3.63, 3.8) is 0 Å². The number of aliphatic hydroxyl groups is 4. The Morgan fingerprint density at radius 2 is 1.24 bits per heavy atom. The standard InChI is InChI=1S/C19H36O4.C19H34O4.C18H20O2/c2*1-3-4-5-6-7-8-9-10-11-12-13-14-18(21)15-19(22)16-23-17(2)20;1-18-9-8-14-13-5-3-12(19)10-11(13)2-4-15(14)16(18)6-7-17(18)20/h3,18-19,21-22H,1,4-16H2,2H3;1,18-19,21-22H,4-16H2,2H3;3-5,10,14,16,19H,2,6-9H2,1H3. The first-order chi connectivity index (χ1) is 31.7. The van der Waals surface area contributed by atoms with Gasteiger partial charge in [-0.05, 0) is 87.0 Å². The Morgan fingerprint density at radius 1 is 0.758 bits per heavy atom.